The Bertz CT molecular complexity index is 1070. The van der Waals surface area contributed by atoms with Gasteiger partial charge in [0.05, 0.1) is 5.52 Å². The summed E-state index contributed by atoms with van der Waals surface area (Å²) in [4.78, 5) is 2.25. The van der Waals surface area contributed by atoms with E-state index in [1.165, 1.54) is 12.1 Å². The predicted molar refractivity (Wildman–Crippen MR) is 108 cm³/mol. The number of aromatic nitrogens is 1. The monoisotopic (exact) mass is 380 g/mol. The molecule has 136 valence electrons. The average molecular weight is 380 g/mol. The van der Waals surface area contributed by atoms with E-state index >= 15 is 0 Å². The van der Waals surface area contributed by atoms with Crippen LogP contribution < -0.4 is 5.32 Å². The maximum Gasteiger partial charge on any atom is 0.126 e. The summed E-state index contributed by atoms with van der Waals surface area (Å²) in [5, 5.41) is 4.26. The summed E-state index contributed by atoms with van der Waals surface area (Å²) < 4.78 is 29.2. The Hall–Kier alpha value is -2.79. The smallest absolute Gasteiger partial charge is 0.126 e. The molecule has 0 amide bonds. The Kier molecular flexibility index (Phi) is 4.86. The summed E-state index contributed by atoms with van der Waals surface area (Å²) in [6, 6.07) is 20.0. The lowest BCUT2D eigenvalue weighted by Gasteiger charge is -2.07. The molecule has 0 atom stereocenters. The van der Waals surface area contributed by atoms with E-state index < -0.39 is 11.6 Å². The van der Waals surface area contributed by atoms with Gasteiger partial charge in [0.1, 0.15) is 11.6 Å². The highest BCUT2D eigenvalue weighted by Crippen LogP contribution is 2.36. The van der Waals surface area contributed by atoms with Crippen LogP contribution in [0.15, 0.2) is 82.7 Å². The largest absolute Gasteiger partial charge is 0.388 e. The molecule has 0 bridgehead atoms. The number of nitrogens with one attached hydrogen (secondary N) is 1. The molecule has 5 heteroatoms. The van der Waals surface area contributed by atoms with Crippen LogP contribution in [0, 0.1) is 11.6 Å². The van der Waals surface area contributed by atoms with Crippen LogP contribution in [0.25, 0.3) is 10.9 Å². The summed E-state index contributed by atoms with van der Waals surface area (Å²) in [7, 11) is 1.87. The zero-order chi connectivity index (χ0) is 18.8. The van der Waals surface area contributed by atoms with E-state index in [9.17, 15) is 8.78 Å². The van der Waals surface area contributed by atoms with Crippen LogP contribution in [0.2, 0.25) is 0 Å². The van der Waals surface area contributed by atoms with Crippen LogP contribution >= 0.6 is 11.8 Å². The van der Waals surface area contributed by atoms with Gasteiger partial charge in [0.2, 0.25) is 0 Å². The van der Waals surface area contributed by atoms with Crippen molar-refractivity contribution < 1.29 is 8.78 Å². The van der Waals surface area contributed by atoms with E-state index in [0.29, 0.717) is 12.1 Å². The Morgan fingerprint density at radius 1 is 0.926 bits per heavy atom. The van der Waals surface area contributed by atoms with Crippen LogP contribution in [-0.2, 0) is 6.54 Å². The van der Waals surface area contributed by atoms with Gasteiger partial charge in [-0.1, -0.05) is 30.0 Å². The van der Waals surface area contributed by atoms with Gasteiger partial charge < -0.3 is 9.88 Å². The fourth-order valence-electron chi connectivity index (χ4n) is 3.14. The second kappa shape index (κ2) is 7.45. The van der Waals surface area contributed by atoms with Crippen molar-refractivity contribution in [3.63, 3.8) is 0 Å². The van der Waals surface area contributed by atoms with Crippen molar-refractivity contribution in [1.82, 2.24) is 4.57 Å². The standard InChI is InChI=1S/C22H18F2N2S/c1-25-18-7-8-20-21(12-18)26(13-15-9-16(23)11-17(24)10-15)14-22(20)27-19-5-3-2-4-6-19/h2-12,14,25H,13H2,1H3. The van der Waals surface area contributed by atoms with Crippen LogP contribution in [0.1, 0.15) is 5.56 Å². The first-order valence-corrected chi connectivity index (χ1v) is 9.42. The van der Waals surface area contributed by atoms with Gasteiger partial charge in [-0.3, -0.25) is 0 Å². The van der Waals surface area contributed by atoms with Crippen molar-refractivity contribution in [2.24, 2.45) is 0 Å². The average Bonchev–Trinajstić information content (AvgIpc) is 2.98. The topological polar surface area (TPSA) is 17.0 Å². The minimum Gasteiger partial charge on any atom is -0.388 e. The lowest BCUT2D eigenvalue weighted by molar-refractivity contribution is 0.578. The second-order valence-electron chi connectivity index (χ2n) is 6.30. The molecule has 1 N–H and O–H groups in total. The van der Waals surface area contributed by atoms with E-state index in [2.05, 4.69) is 29.6 Å². The molecule has 0 radical (unpaired) electrons. The molecule has 4 rings (SSSR count). The fraction of sp³-hybridized carbons (Fsp3) is 0.0909. The first kappa shape index (κ1) is 17.6. The Balaban J connectivity index is 1.78. The van der Waals surface area contributed by atoms with Crippen LogP contribution in [-0.4, -0.2) is 11.6 Å². The summed E-state index contributed by atoms with van der Waals surface area (Å²) in [6.45, 7) is 0.397. The highest BCUT2D eigenvalue weighted by atomic mass is 32.2. The van der Waals surface area contributed by atoms with E-state index in [0.717, 1.165) is 32.4 Å². The van der Waals surface area contributed by atoms with Gasteiger partial charge >= 0.3 is 0 Å². The number of fused-ring (bicyclic) bond motifs is 1. The van der Waals surface area contributed by atoms with E-state index in [1.807, 2.05) is 42.1 Å². The molecule has 0 unspecified atom stereocenters. The third-order valence-electron chi connectivity index (χ3n) is 4.38. The molecule has 0 aliphatic carbocycles. The van der Waals surface area contributed by atoms with E-state index in [1.54, 1.807) is 11.8 Å². The molecule has 0 saturated heterocycles. The minimum atomic E-state index is -0.559. The fourth-order valence-corrected chi connectivity index (χ4v) is 4.15. The molecule has 2 nitrogen and oxygen atoms in total. The van der Waals surface area contributed by atoms with E-state index in [-0.39, 0.29) is 0 Å². The zero-order valence-electron chi connectivity index (χ0n) is 14.7. The van der Waals surface area contributed by atoms with Crippen molar-refractivity contribution in [3.8, 4) is 0 Å². The first-order valence-electron chi connectivity index (χ1n) is 8.61. The highest BCUT2D eigenvalue weighted by molar-refractivity contribution is 7.99. The maximum absolute atomic E-state index is 13.6. The van der Waals surface area contributed by atoms with Gasteiger partial charge in [-0.15, -0.1) is 0 Å². The molecule has 0 aliphatic rings. The maximum atomic E-state index is 13.6. The van der Waals surface area contributed by atoms with Crippen molar-refractivity contribution in [3.05, 3.63) is 90.1 Å². The molecule has 3 aromatic carbocycles. The normalized spacial score (nSPS) is 11.1. The number of halogens is 2. The van der Waals surface area contributed by atoms with Gasteiger partial charge in [0, 0.05) is 46.7 Å². The third kappa shape index (κ3) is 3.83. The molecule has 0 spiro atoms. The predicted octanol–water partition coefficient (Wildman–Crippen LogP) is 6.16. The molecule has 0 aliphatic heterocycles. The van der Waals surface area contributed by atoms with Gasteiger partial charge in [-0.05, 0) is 48.0 Å². The molecule has 27 heavy (non-hydrogen) atoms. The number of hydrogen-bond acceptors (Lipinski definition) is 2. The summed E-state index contributed by atoms with van der Waals surface area (Å²) in [5.41, 5.74) is 2.60. The minimum absolute atomic E-state index is 0.397. The number of rotatable bonds is 5. The quantitative estimate of drug-likeness (QED) is 0.446. The highest BCUT2D eigenvalue weighted by Gasteiger charge is 2.12. The molecular weight excluding hydrogens is 362 g/mol. The second-order valence-corrected chi connectivity index (χ2v) is 7.41. The zero-order valence-corrected chi connectivity index (χ0v) is 15.6. The Morgan fingerprint density at radius 2 is 1.67 bits per heavy atom. The molecule has 0 saturated carbocycles. The number of benzene rings is 3. The van der Waals surface area contributed by atoms with Gasteiger partial charge in [-0.2, -0.15) is 0 Å². The number of nitrogens with zero attached hydrogens (tertiary/aromatic N) is 1. The van der Waals surface area contributed by atoms with Gasteiger partial charge in [0.25, 0.3) is 0 Å². The van der Waals surface area contributed by atoms with Crippen molar-refractivity contribution in [2.75, 3.05) is 12.4 Å². The Labute approximate surface area is 160 Å². The summed E-state index contributed by atoms with van der Waals surface area (Å²) in [6.07, 6.45) is 2.05. The molecule has 4 aromatic rings. The van der Waals surface area contributed by atoms with Gasteiger partial charge in [-0.25, -0.2) is 8.78 Å². The van der Waals surface area contributed by atoms with E-state index in [4.69, 9.17) is 0 Å². The summed E-state index contributed by atoms with van der Waals surface area (Å²) in [5.74, 6) is -1.12. The van der Waals surface area contributed by atoms with Crippen LogP contribution in [0.4, 0.5) is 14.5 Å². The SMILES string of the molecule is CNc1ccc2c(Sc3ccccc3)cn(Cc3cc(F)cc(F)c3)c2c1. The Morgan fingerprint density at radius 3 is 2.37 bits per heavy atom. The molecule has 1 aromatic heterocycles. The van der Waals surface area contributed by atoms with Gasteiger partial charge in [0.15, 0.2) is 0 Å². The lowest BCUT2D eigenvalue weighted by Crippen LogP contribution is -1.99. The number of hydrogen-bond donors (Lipinski definition) is 1. The molecular formula is C22H18F2N2S. The van der Waals surface area contributed by atoms with Crippen molar-refractivity contribution >= 4 is 28.4 Å². The van der Waals surface area contributed by atoms with Crippen LogP contribution in [0.5, 0.6) is 0 Å². The summed E-state index contributed by atoms with van der Waals surface area (Å²) >= 11 is 1.68. The number of anilines is 1. The van der Waals surface area contributed by atoms with Crippen molar-refractivity contribution in [2.45, 2.75) is 16.3 Å². The van der Waals surface area contributed by atoms with Crippen LogP contribution in [0.3, 0.4) is 0 Å². The lowest BCUT2D eigenvalue weighted by atomic mass is 10.2. The van der Waals surface area contributed by atoms with Crippen molar-refractivity contribution in [1.29, 1.82) is 0 Å². The first-order chi connectivity index (χ1) is 13.1. The third-order valence-corrected chi connectivity index (χ3v) is 5.43. The molecule has 1 heterocycles. The molecule has 0 fully saturated rings.